The standard InChI is InChI=1S/C14H15N3S/c1-3-13-9-18-14(17-13)16-10(2)12-6-4-11(8-15)5-7-12/h4-7,9-10H,3H2,1-2H3,(H,16,17). The molecule has 1 aromatic carbocycles. The highest BCUT2D eigenvalue weighted by Crippen LogP contribution is 2.22. The van der Waals surface area contributed by atoms with Crippen molar-refractivity contribution in [1.29, 1.82) is 5.26 Å². The first-order valence-electron chi connectivity index (χ1n) is 5.94. The van der Waals surface area contributed by atoms with Crippen molar-refractivity contribution in [2.24, 2.45) is 0 Å². The smallest absolute Gasteiger partial charge is 0.183 e. The number of nitrogens with zero attached hydrogens (tertiary/aromatic N) is 2. The molecule has 0 saturated carbocycles. The number of rotatable bonds is 4. The summed E-state index contributed by atoms with van der Waals surface area (Å²) in [6, 6.07) is 9.95. The second-order valence-electron chi connectivity index (χ2n) is 4.10. The monoisotopic (exact) mass is 257 g/mol. The lowest BCUT2D eigenvalue weighted by atomic mass is 10.1. The Labute approximate surface area is 111 Å². The van der Waals surface area contributed by atoms with Crippen LogP contribution in [0.1, 0.15) is 36.7 Å². The molecule has 18 heavy (non-hydrogen) atoms. The molecular weight excluding hydrogens is 242 g/mol. The fourth-order valence-corrected chi connectivity index (χ4v) is 2.53. The molecule has 0 bridgehead atoms. The minimum absolute atomic E-state index is 0.189. The van der Waals surface area contributed by atoms with E-state index in [1.54, 1.807) is 11.3 Å². The highest BCUT2D eigenvalue weighted by Gasteiger charge is 2.07. The average Bonchev–Trinajstić information content (AvgIpc) is 2.86. The normalized spacial score (nSPS) is 11.8. The second-order valence-corrected chi connectivity index (χ2v) is 4.96. The number of nitrogens with one attached hydrogen (secondary N) is 1. The average molecular weight is 257 g/mol. The van der Waals surface area contributed by atoms with E-state index in [2.05, 4.69) is 35.6 Å². The lowest BCUT2D eigenvalue weighted by molar-refractivity contribution is 0.878. The third-order valence-electron chi connectivity index (χ3n) is 2.79. The van der Waals surface area contributed by atoms with E-state index in [1.807, 2.05) is 24.3 Å². The van der Waals surface area contributed by atoms with Crippen molar-refractivity contribution in [3.05, 3.63) is 46.5 Å². The van der Waals surface area contributed by atoms with E-state index >= 15 is 0 Å². The summed E-state index contributed by atoms with van der Waals surface area (Å²) in [5.74, 6) is 0. The molecule has 0 aliphatic carbocycles. The van der Waals surface area contributed by atoms with Crippen LogP contribution in [0.4, 0.5) is 5.13 Å². The molecule has 0 amide bonds. The maximum atomic E-state index is 8.76. The molecule has 2 aromatic rings. The Morgan fingerprint density at radius 2 is 2.11 bits per heavy atom. The Bertz CT molecular complexity index is 551. The van der Waals surface area contributed by atoms with Crippen LogP contribution in [0.3, 0.4) is 0 Å². The summed E-state index contributed by atoms with van der Waals surface area (Å²) in [7, 11) is 0. The molecule has 1 unspecified atom stereocenters. The lowest BCUT2D eigenvalue weighted by Gasteiger charge is -2.13. The largest absolute Gasteiger partial charge is 0.355 e. The third kappa shape index (κ3) is 2.88. The molecule has 0 fully saturated rings. The molecule has 0 aliphatic rings. The molecule has 3 nitrogen and oxygen atoms in total. The Hall–Kier alpha value is -1.86. The number of thiazole rings is 1. The summed E-state index contributed by atoms with van der Waals surface area (Å²) in [5, 5.41) is 15.2. The molecule has 0 spiro atoms. The zero-order chi connectivity index (χ0) is 13.0. The van der Waals surface area contributed by atoms with E-state index in [4.69, 9.17) is 5.26 Å². The summed E-state index contributed by atoms with van der Waals surface area (Å²) < 4.78 is 0. The van der Waals surface area contributed by atoms with Crippen LogP contribution in [0.5, 0.6) is 0 Å². The van der Waals surface area contributed by atoms with Gasteiger partial charge in [0.05, 0.1) is 23.4 Å². The predicted molar refractivity (Wildman–Crippen MR) is 74.7 cm³/mol. The van der Waals surface area contributed by atoms with Crippen LogP contribution < -0.4 is 5.32 Å². The minimum atomic E-state index is 0.189. The molecule has 1 atom stereocenters. The van der Waals surface area contributed by atoms with Crippen LogP contribution in [0, 0.1) is 11.3 Å². The minimum Gasteiger partial charge on any atom is -0.355 e. The lowest BCUT2D eigenvalue weighted by Crippen LogP contribution is -2.06. The topological polar surface area (TPSA) is 48.7 Å². The summed E-state index contributed by atoms with van der Waals surface area (Å²) in [6.07, 6.45) is 0.962. The first-order valence-corrected chi connectivity index (χ1v) is 6.82. The van der Waals surface area contributed by atoms with Crippen molar-refractivity contribution >= 4 is 16.5 Å². The fraction of sp³-hybridized carbons (Fsp3) is 0.286. The van der Waals surface area contributed by atoms with Crippen molar-refractivity contribution < 1.29 is 0 Å². The molecule has 1 heterocycles. The highest BCUT2D eigenvalue weighted by atomic mass is 32.1. The summed E-state index contributed by atoms with van der Waals surface area (Å²) >= 11 is 1.63. The maximum absolute atomic E-state index is 8.76. The van der Waals surface area contributed by atoms with Gasteiger partial charge >= 0.3 is 0 Å². The van der Waals surface area contributed by atoms with Gasteiger partial charge in [-0.25, -0.2) is 4.98 Å². The van der Waals surface area contributed by atoms with Gasteiger partial charge in [-0.05, 0) is 31.0 Å². The van der Waals surface area contributed by atoms with Gasteiger partial charge in [-0.15, -0.1) is 11.3 Å². The molecule has 0 saturated heterocycles. The van der Waals surface area contributed by atoms with Crippen LogP contribution in [-0.4, -0.2) is 4.98 Å². The van der Waals surface area contributed by atoms with Gasteiger partial charge < -0.3 is 5.32 Å². The van der Waals surface area contributed by atoms with Gasteiger partial charge in [-0.1, -0.05) is 19.1 Å². The number of anilines is 1. The highest BCUT2D eigenvalue weighted by molar-refractivity contribution is 7.13. The fourth-order valence-electron chi connectivity index (χ4n) is 1.65. The van der Waals surface area contributed by atoms with Gasteiger partial charge in [0.15, 0.2) is 5.13 Å². The van der Waals surface area contributed by atoms with Crippen molar-refractivity contribution in [3.63, 3.8) is 0 Å². The van der Waals surface area contributed by atoms with E-state index in [1.165, 1.54) is 0 Å². The molecule has 0 radical (unpaired) electrons. The number of hydrogen-bond donors (Lipinski definition) is 1. The predicted octanol–water partition coefficient (Wildman–Crippen LogP) is 3.75. The van der Waals surface area contributed by atoms with Crippen molar-refractivity contribution in [2.45, 2.75) is 26.3 Å². The summed E-state index contributed by atoms with van der Waals surface area (Å²) in [5.41, 5.74) is 2.96. The molecule has 1 aromatic heterocycles. The molecule has 92 valence electrons. The van der Waals surface area contributed by atoms with E-state index in [9.17, 15) is 0 Å². The number of aryl methyl sites for hydroxylation is 1. The van der Waals surface area contributed by atoms with Crippen LogP contribution in [0.2, 0.25) is 0 Å². The van der Waals surface area contributed by atoms with Gasteiger partial charge in [0.25, 0.3) is 0 Å². The molecular formula is C14H15N3S. The summed E-state index contributed by atoms with van der Waals surface area (Å²) in [4.78, 5) is 4.48. The summed E-state index contributed by atoms with van der Waals surface area (Å²) in [6.45, 7) is 4.19. The van der Waals surface area contributed by atoms with Gasteiger partial charge in [0.1, 0.15) is 0 Å². The number of benzene rings is 1. The van der Waals surface area contributed by atoms with Gasteiger partial charge in [0.2, 0.25) is 0 Å². The zero-order valence-corrected chi connectivity index (χ0v) is 11.3. The molecule has 4 heteroatoms. The molecule has 1 N–H and O–H groups in total. The van der Waals surface area contributed by atoms with E-state index in [-0.39, 0.29) is 6.04 Å². The Balaban J connectivity index is 2.06. The van der Waals surface area contributed by atoms with Gasteiger partial charge in [-0.3, -0.25) is 0 Å². The van der Waals surface area contributed by atoms with Crippen LogP contribution in [0.15, 0.2) is 29.6 Å². The van der Waals surface area contributed by atoms with Gasteiger partial charge in [-0.2, -0.15) is 5.26 Å². The number of aromatic nitrogens is 1. The zero-order valence-electron chi connectivity index (χ0n) is 10.5. The molecule has 0 aliphatic heterocycles. The van der Waals surface area contributed by atoms with Crippen molar-refractivity contribution in [2.75, 3.05) is 5.32 Å². The third-order valence-corrected chi connectivity index (χ3v) is 3.62. The van der Waals surface area contributed by atoms with E-state index in [0.29, 0.717) is 5.56 Å². The Morgan fingerprint density at radius 3 is 2.67 bits per heavy atom. The van der Waals surface area contributed by atoms with Crippen LogP contribution in [0.25, 0.3) is 0 Å². The number of hydrogen-bond acceptors (Lipinski definition) is 4. The van der Waals surface area contributed by atoms with Gasteiger partial charge in [0, 0.05) is 5.38 Å². The maximum Gasteiger partial charge on any atom is 0.183 e. The SMILES string of the molecule is CCc1csc(NC(C)c2ccc(C#N)cc2)n1. The Morgan fingerprint density at radius 1 is 1.39 bits per heavy atom. The number of nitriles is 1. The van der Waals surface area contributed by atoms with Crippen molar-refractivity contribution in [3.8, 4) is 6.07 Å². The van der Waals surface area contributed by atoms with E-state index in [0.717, 1.165) is 22.8 Å². The first kappa shape index (κ1) is 12.6. The molecule has 2 rings (SSSR count). The second kappa shape index (κ2) is 5.65. The van der Waals surface area contributed by atoms with E-state index < -0.39 is 0 Å². The van der Waals surface area contributed by atoms with Crippen molar-refractivity contribution in [1.82, 2.24) is 4.98 Å². The quantitative estimate of drug-likeness (QED) is 0.907. The van der Waals surface area contributed by atoms with Crippen LogP contribution in [-0.2, 0) is 6.42 Å². The Kier molecular flexibility index (Phi) is 3.96. The van der Waals surface area contributed by atoms with Crippen LogP contribution >= 0.6 is 11.3 Å². The first-order chi connectivity index (χ1) is 8.72.